The molecule has 0 atom stereocenters. The predicted molar refractivity (Wildman–Crippen MR) is 133 cm³/mol. The van der Waals surface area contributed by atoms with Crippen molar-refractivity contribution < 1.29 is 0 Å². The average molecular weight is 402 g/mol. The van der Waals surface area contributed by atoms with E-state index in [2.05, 4.69) is 128 Å². The van der Waals surface area contributed by atoms with E-state index in [-0.39, 0.29) is 0 Å². The Labute approximate surface area is 179 Å². The summed E-state index contributed by atoms with van der Waals surface area (Å²) in [5.41, 5.74) is 3.87. The molecule has 0 aliphatic rings. The third-order valence-electron chi connectivity index (χ3n) is 5.51. The summed E-state index contributed by atoms with van der Waals surface area (Å²) < 4.78 is 0. The van der Waals surface area contributed by atoms with Crippen LogP contribution >= 0.6 is 7.92 Å². The number of fused-ring (bicyclic) bond motifs is 1. The molecule has 0 saturated heterocycles. The van der Waals surface area contributed by atoms with Gasteiger partial charge in [0.1, 0.15) is 0 Å². The van der Waals surface area contributed by atoms with Crippen molar-refractivity contribution in [1.29, 1.82) is 0 Å². The molecule has 5 aromatic rings. The van der Waals surface area contributed by atoms with Crippen molar-refractivity contribution in [3.05, 3.63) is 127 Å². The first-order chi connectivity index (χ1) is 14.8. The van der Waals surface area contributed by atoms with Gasteiger partial charge >= 0.3 is 0 Å². The number of rotatable bonds is 4. The maximum absolute atomic E-state index is 2.33. The van der Waals surface area contributed by atoms with E-state index >= 15 is 0 Å². The van der Waals surface area contributed by atoms with Crippen LogP contribution in [-0.2, 0) is 0 Å². The summed E-state index contributed by atoms with van der Waals surface area (Å²) in [4.78, 5) is 0. The van der Waals surface area contributed by atoms with Gasteiger partial charge in [-0.05, 0) is 52.7 Å². The first kappa shape index (κ1) is 18.8. The summed E-state index contributed by atoms with van der Waals surface area (Å²) >= 11 is 0. The highest BCUT2D eigenvalue weighted by Crippen LogP contribution is 2.38. The molecule has 0 N–H and O–H groups in total. The van der Waals surface area contributed by atoms with Crippen LogP contribution in [-0.4, -0.2) is 0 Å². The second-order valence-corrected chi connectivity index (χ2v) is 9.74. The molecule has 144 valence electrons. The number of hydrogen-bond donors (Lipinski definition) is 0. The largest absolute Gasteiger partial charge is 0.0622 e. The van der Waals surface area contributed by atoms with Gasteiger partial charge in [0.05, 0.1) is 0 Å². The number of benzene rings is 5. The van der Waals surface area contributed by atoms with Crippen LogP contribution in [0, 0.1) is 6.92 Å². The van der Waals surface area contributed by atoms with E-state index in [1.165, 1.54) is 43.4 Å². The zero-order valence-corrected chi connectivity index (χ0v) is 17.9. The van der Waals surface area contributed by atoms with Gasteiger partial charge in [-0.2, -0.15) is 0 Å². The standard InChI is InChI=1S/C29H23P/c1-22-18-20-23(21-19-22)27-16-8-10-24-11-9-17-28(29(24)27)30(25-12-4-2-5-13-25)26-14-6-3-7-15-26/h2-21H,1H3. The Bertz CT molecular complexity index is 1230. The Morgan fingerprint density at radius 3 is 1.67 bits per heavy atom. The van der Waals surface area contributed by atoms with Crippen LogP contribution in [0.15, 0.2) is 121 Å². The van der Waals surface area contributed by atoms with Gasteiger partial charge < -0.3 is 0 Å². The molecule has 0 unspecified atom stereocenters. The lowest BCUT2D eigenvalue weighted by Gasteiger charge is -2.22. The molecule has 5 rings (SSSR count). The molecular formula is C29H23P. The van der Waals surface area contributed by atoms with Crippen molar-refractivity contribution in [2.24, 2.45) is 0 Å². The summed E-state index contributed by atoms with van der Waals surface area (Å²) in [5.74, 6) is 0. The molecule has 0 aromatic heterocycles. The molecule has 0 nitrogen and oxygen atoms in total. The lowest BCUT2D eigenvalue weighted by Crippen LogP contribution is -2.21. The molecule has 30 heavy (non-hydrogen) atoms. The minimum Gasteiger partial charge on any atom is -0.0622 e. The van der Waals surface area contributed by atoms with Crippen molar-refractivity contribution in [1.82, 2.24) is 0 Å². The first-order valence-corrected chi connectivity index (χ1v) is 11.6. The highest BCUT2D eigenvalue weighted by molar-refractivity contribution is 7.80. The average Bonchev–Trinajstić information content (AvgIpc) is 2.81. The molecule has 0 aliphatic heterocycles. The van der Waals surface area contributed by atoms with Crippen LogP contribution in [0.5, 0.6) is 0 Å². The molecule has 0 aliphatic carbocycles. The Balaban J connectivity index is 1.81. The summed E-state index contributed by atoms with van der Waals surface area (Å²) in [6.07, 6.45) is 0. The fourth-order valence-electron chi connectivity index (χ4n) is 4.06. The van der Waals surface area contributed by atoms with Crippen molar-refractivity contribution in [3.63, 3.8) is 0 Å². The smallest absolute Gasteiger partial charge is 0.00217 e. The second-order valence-electron chi connectivity index (χ2n) is 7.55. The monoisotopic (exact) mass is 402 g/mol. The molecule has 0 spiro atoms. The minimum atomic E-state index is -0.659. The first-order valence-electron chi connectivity index (χ1n) is 10.3. The van der Waals surface area contributed by atoms with Gasteiger partial charge in [0.2, 0.25) is 0 Å². The topological polar surface area (TPSA) is 0 Å². The van der Waals surface area contributed by atoms with Crippen LogP contribution < -0.4 is 15.9 Å². The summed E-state index contributed by atoms with van der Waals surface area (Å²) in [7, 11) is -0.659. The molecule has 0 fully saturated rings. The Morgan fingerprint density at radius 1 is 0.500 bits per heavy atom. The van der Waals surface area contributed by atoms with Gasteiger partial charge in [-0.25, -0.2) is 0 Å². The number of aryl methyl sites for hydroxylation is 1. The molecule has 1 heteroatoms. The highest BCUT2D eigenvalue weighted by Gasteiger charge is 2.20. The summed E-state index contributed by atoms with van der Waals surface area (Å²) in [6.45, 7) is 2.14. The zero-order chi connectivity index (χ0) is 20.3. The zero-order valence-electron chi connectivity index (χ0n) is 17.0. The predicted octanol–water partition coefficient (Wildman–Crippen LogP) is 6.57. The van der Waals surface area contributed by atoms with Crippen LogP contribution in [0.25, 0.3) is 21.9 Å². The molecule has 0 heterocycles. The Morgan fingerprint density at radius 2 is 1.07 bits per heavy atom. The SMILES string of the molecule is Cc1ccc(-c2cccc3cccc(P(c4ccccc4)c4ccccc4)c23)cc1. The van der Waals surface area contributed by atoms with E-state index < -0.39 is 7.92 Å². The Kier molecular flexibility index (Phi) is 5.18. The van der Waals surface area contributed by atoms with Crippen LogP contribution in [0.3, 0.4) is 0 Å². The van der Waals surface area contributed by atoms with Gasteiger partial charge in [0.25, 0.3) is 0 Å². The normalized spacial score (nSPS) is 11.1. The third kappa shape index (κ3) is 3.56. The van der Waals surface area contributed by atoms with Crippen LogP contribution in [0.4, 0.5) is 0 Å². The highest BCUT2D eigenvalue weighted by atomic mass is 31.1. The fraction of sp³-hybridized carbons (Fsp3) is 0.0345. The van der Waals surface area contributed by atoms with E-state index in [0.717, 1.165) is 0 Å². The van der Waals surface area contributed by atoms with Crippen molar-refractivity contribution in [2.45, 2.75) is 6.92 Å². The van der Waals surface area contributed by atoms with E-state index in [1.807, 2.05) is 0 Å². The molecule has 0 radical (unpaired) electrons. The fourth-order valence-corrected chi connectivity index (χ4v) is 6.57. The quantitative estimate of drug-likeness (QED) is 0.298. The van der Waals surface area contributed by atoms with E-state index in [9.17, 15) is 0 Å². The molecule has 0 amide bonds. The van der Waals surface area contributed by atoms with Crippen molar-refractivity contribution >= 4 is 34.6 Å². The van der Waals surface area contributed by atoms with Gasteiger partial charge in [-0.1, -0.05) is 127 Å². The molecular weight excluding hydrogens is 379 g/mol. The third-order valence-corrected chi connectivity index (χ3v) is 8.00. The van der Waals surface area contributed by atoms with Gasteiger partial charge in [0.15, 0.2) is 0 Å². The van der Waals surface area contributed by atoms with E-state index in [0.29, 0.717) is 0 Å². The second kappa shape index (κ2) is 8.27. The van der Waals surface area contributed by atoms with Crippen LogP contribution in [0.1, 0.15) is 5.56 Å². The number of hydrogen-bond acceptors (Lipinski definition) is 0. The molecule has 0 bridgehead atoms. The van der Waals surface area contributed by atoms with Crippen molar-refractivity contribution in [2.75, 3.05) is 0 Å². The van der Waals surface area contributed by atoms with Gasteiger partial charge in [-0.15, -0.1) is 0 Å². The maximum atomic E-state index is 2.33. The summed E-state index contributed by atoms with van der Waals surface area (Å²) in [5, 5.41) is 6.83. The van der Waals surface area contributed by atoms with Gasteiger partial charge in [-0.3, -0.25) is 0 Å². The Hall–Kier alpha value is -3.21. The van der Waals surface area contributed by atoms with E-state index in [4.69, 9.17) is 0 Å². The van der Waals surface area contributed by atoms with Crippen LogP contribution in [0.2, 0.25) is 0 Å². The lowest BCUT2D eigenvalue weighted by molar-refractivity contribution is 1.47. The molecule has 5 aromatic carbocycles. The lowest BCUT2D eigenvalue weighted by atomic mass is 9.97. The maximum Gasteiger partial charge on any atom is -0.00217 e. The van der Waals surface area contributed by atoms with Gasteiger partial charge in [0, 0.05) is 0 Å². The van der Waals surface area contributed by atoms with E-state index in [1.54, 1.807) is 0 Å². The van der Waals surface area contributed by atoms with Crippen molar-refractivity contribution in [3.8, 4) is 11.1 Å². The minimum absolute atomic E-state index is 0.659. The molecule has 0 saturated carbocycles. The summed E-state index contributed by atoms with van der Waals surface area (Å²) in [6, 6.07) is 44.2.